The molecule has 0 spiro atoms. The van der Waals surface area contributed by atoms with Crippen LogP contribution in [-0.4, -0.2) is 38.5 Å². The van der Waals surface area contributed by atoms with Crippen LogP contribution in [0.1, 0.15) is 0 Å². The third-order valence-electron chi connectivity index (χ3n) is 1.49. The quantitative estimate of drug-likeness (QED) is 0.516. The lowest BCUT2D eigenvalue weighted by molar-refractivity contribution is -0.156. The van der Waals surface area contributed by atoms with Crippen LogP contribution in [0.5, 0.6) is 0 Å². The van der Waals surface area contributed by atoms with Gasteiger partial charge in [0.1, 0.15) is 0 Å². The number of nitrogens with one attached hydrogen (secondary N) is 2. The zero-order valence-electron chi connectivity index (χ0n) is 6.79. The lowest BCUT2D eigenvalue weighted by Gasteiger charge is -2.27. The topological polar surface area (TPSA) is 76.7 Å². The Morgan fingerprint density at radius 1 is 1.00 bits per heavy atom. The summed E-state index contributed by atoms with van der Waals surface area (Å²) in [6.45, 7) is 0. The minimum Gasteiger partial charge on any atom is -0.353 e. The maximum absolute atomic E-state index is 11.0. The monoisotopic (exact) mass is 174 g/mol. The van der Waals surface area contributed by atoms with Gasteiger partial charge in [-0.2, -0.15) is 0 Å². The SMILES string of the molecule is COC1NC(=O)C(OC)NC1=O. The Kier molecular flexibility index (Phi) is 2.61. The van der Waals surface area contributed by atoms with Crippen LogP contribution in [0.25, 0.3) is 0 Å². The van der Waals surface area contributed by atoms with E-state index < -0.39 is 24.3 Å². The van der Waals surface area contributed by atoms with Crippen LogP contribution < -0.4 is 10.6 Å². The van der Waals surface area contributed by atoms with E-state index in [9.17, 15) is 9.59 Å². The fourth-order valence-corrected chi connectivity index (χ4v) is 0.873. The van der Waals surface area contributed by atoms with Crippen LogP contribution >= 0.6 is 0 Å². The Morgan fingerprint density at radius 2 is 1.33 bits per heavy atom. The Balaban J connectivity index is 2.61. The molecule has 1 fully saturated rings. The summed E-state index contributed by atoms with van der Waals surface area (Å²) in [6.07, 6.45) is -1.83. The predicted octanol–water partition coefficient (Wildman–Crippen LogP) is -1.82. The molecule has 2 amide bonds. The Morgan fingerprint density at radius 3 is 1.58 bits per heavy atom. The zero-order valence-corrected chi connectivity index (χ0v) is 6.79. The highest BCUT2D eigenvalue weighted by atomic mass is 16.5. The van der Waals surface area contributed by atoms with E-state index in [1.165, 1.54) is 14.2 Å². The number of piperazine rings is 1. The number of ether oxygens (including phenoxy) is 2. The largest absolute Gasteiger partial charge is 0.353 e. The lowest BCUT2D eigenvalue weighted by Crippen LogP contribution is -2.62. The van der Waals surface area contributed by atoms with Gasteiger partial charge in [0.15, 0.2) is 0 Å². The van der Waals surface area contributed by atoms with Gasteiger partial charge >= 0.3 is 0 Å². The van der Waals surface area contributed by atoms with Gasteiger partial charge in [0.05, 0.1) is 0 Å². The minimum atomic E-state index is -0.913. The highest BCUT2D eigenvalue weighted by Crippen LogP contribution is 1.97. The number of carbonyl (C=O) groups excluding carboxylic acids is 2. The van der Waals surface area contributed by atoms with E-state index in [1.54, 1.807) is 0 Å². The summed E-state index contributed by atoms with van der Waals surface area (Å²) in [6, 6.07) is 0. The number of hydrogen-bond acceptors (Lipinski definition) is 4. The third kappa shape index (κ3) is 1.54. The molecule has 6 heteroatoms. The first-order valence-corrected chi connectivity index (χ1v) is 3.35. The van der Waals surface area contributed by atoms with Crippen molar-refractivity contribution in [3.8, 4) is 0 Å². The predicted molar refractivity (Wildman–Crippen MR) is 37.9 cm³/mol. The Hall–Kier alpha value is -1.14. The van der Waals surface area contributed by atoms with Gasteiger partial charge in [-0.3, -0.25) is 9.59 Å². The average molecular weight is 174 g/mol. The molecule has 1 aliphatic rings. The molecule has 1 heterocycles. The molecule has 0 aromatic carbocycles. The van der Waals surface area contributed by atoms with Gasteiger partial charge in [-0.05, 0) is 0 Å². The normalized spacial score (nSPS) is 29.5. The van der Waals surface area contributed by atoms with Gasteiger partial charge in [0.25, 0.3) is 11.8 Å². The van der Waals surface area contributed by atoms with E-state index in [0.717, 1.165) is 0 Å². The first-order chi connectivity index (χ1) is 5.69. The first kappa shape index (κ1) is 8.95. The second kappa shape index (κ2) is 3.51. The molecular formula is C6H10N2O4. The average Bonchev–Trinajstić information content (AvgIpc) is 2.08. The van der Waals surface area contributed by atoms with Gasteiger partial charge < -0.3 is 20.1 Å². The molecule has 0 radical (unpaired) electrons. The summed E-state index contributed by atoms with van der Waals surface area (Å²) in [4.78, 5) is 22.0. The number of carbonyl (C=O) groups is 2. The van der Waals surface area contributed by atoms with Gasteiger partial charge in [-0.25, -0.2) is 0 Å². The highest BCUT2D eigenvalue weighted by Gasteiger charge is 2.33. The van der Waals surface area contributed by atoms with Gasteiger partial charge in [-0.1, -0.05) is 0 Å². The molecule has 0 aromatic rings. The Labute approximate surface area is 69.2 Å². The van der Waals surface area contributed by atoms with Crippen LogP contribution in [0, 0.1) is 0 Å². The van der Waals surface area contributed by atoms with Crippen LogP contribution in [0.15, 0.2) is 0 Å². The molecule has 0 bridgehead atoms. The maximum atomic E-state index is 11.0. The maximum Gasteiger partial charge on any atom is 0.272 e. The summed E-state index contributed by atoms with van der Waals surface area (Å²) in [5, 5.41) is 4.64. The van der Waals surface area contributed by atoms with Gasteiger partial charge in [0.2, 0.25) is 12.5 Å². The molecule has 0 aliphatic carbocycles. The molecule has 0 saturated carbocycles. The van der Waals surface area contributed by atoms with Crippen LogP contribution in [0.4, 0.5) is 0 Å². The van der Waals surface area contributed by atoms with Crippen molar-refractivity contribution in [2.24, 2.45) is 0 Å². The van der Waals surface area contributed by atoms with Crippen molar-refractivity contribution in [1.29, 1.82) is 0 Å². The van der Waals surface area contributed by atoms with Crippen molar-refractivity contribution in [3.63, 3.8) is 0 Å². The second-order valence-electron chi connectivity index (χ2n) is 2.25. The van der Waals surface area contributed by atoms with E-state index in [-0.39, 0.29) is 0 Å². The molecule has 1 aliphatic heterocycles. The molecule has 1 rings (SSSR count). The van der Waals surface area contributed by atoms with Crippen molar-refractivity contribution in [2.75, 3.05) is 14.2 Å². The molecule has 68 valence electrons. The standard InChI is InChI=1S/C6H10N2O4/c1-11-5-3(9)8-6(12-2)4(10)7-5/h5-6H,1-2H3,(H,7,10)(H,8,9). The Bertz CT molecular complexity index is 184. The molecule has 2 unspecified atom stereocenters. The van der Waals surface area contributed by atoms with E-state index in [4.69, 9.17) is 0 Å². The van der Waals surface area contributed by atoms with E-state index in [1.807, 2.05) is 0 Å². The molecular weight excluding hydrogens is 164 g/mol. The van der Waals surface area contributed by atoms with E-state index in [0.29, 0.717) is 0 Å². The summed E-state index contributed by atoms with van der Waals surface area (Å²) >= 11 is 0. The number of methoxy groups -OCH3 is 2. The molecule has 2 N–H and O–H groups in total. The van der Waals surface area contributed by atoms with E-state index in [2.05, 4.69) is 20.1 Å². The van der Waals surface area contributed by atoms with Gasteiger partial charge in [0, 0.05) is 14.2 Å². The van der Waals surface area contributed by atoms with Crippen molar-refractivity contribution in [1.82, 2.24) is 10.6 Å². The summed E-state index contributed by atoms with van der Waals surface area (Å²) in [5.74, 6) is -0.826. The first-order valence-electron chi connectivity index (χ1n) is 3.35. The summed E-state index contributed by atoms with van der Waals surface area (Å²) in [5.41, 5.74) is 0. The number of hydrogen-bond donors (Lipinski definition) is 2. The summed E-state index contributed by atoms with van der Waals surface area (Å²) < 4.78 is 9.33. The molecule has 2 atom stereocenters. The van der Waals surface area contributed by atoms with E-state index >= 15 is 0 Å². The fraction of sp³-hybridized carbons (Fsp3) is 0.667. The molecule has 12 heavy (non-hydrogen) atoms. The second-order valence-corrected chi connectivity index (χ2v) is 2.25. The number of amides is 2. The van der Waals surface area contributed by atoms with Crippen molar-refractivity contribution < 1.29 is 19.1 Å². The minimum absolute atomic E-state index is 0.413. The fourth-order valence-electron chi connectivity index (χ4n) is 0.873. The number of rotatable bonds is 2. The molecule has 6 nitrogen and oxygen atoms in total. The highest BCUT2D eigenvalue weighted by molar-refractivity contribution is 5.95. The van der Waals surface area contributed by atoms with Crippen molar-refractivity contribution >= 4 is 11.8 Å². The van der Waals surface area contributed by atoms with Crippen LogP contribution in [0.3, 0.4) is 0 Å². The zero-order chi connectivity index (χ0) is 9.14. The van der Waals surface area contributed by atoms with Crippen LogP contribution in [-0.2, 0) is 19.1 Å². The van der Waals surface area contributed by atoms with Crippen LogP contribution in [0.2, 0.25) is 0 Å². The third-order valence-corrected chi connectivity index (χ3v) is 1.49. The molecule has 0 aromatic heterocycles. The van der Waals surface area contributed by atoms with Crippen molar-refractivity contribution in [2.45, 2.75) is 12.5 Å². The molecule has 1 saturated heterocycles. The van der Waals surface area contributed by atoms with Gasteiger partial charge in [-0.15, -0.1) is 0 Å². The summed E-state index contributed by atoms with van der Waals surface area (Å²) in [7, 11) is 2.66. The smallest absolute Gasteiger partial charge is 0.272 e. The lowest BCUT2D eigenvalue weighted by atomic mass is 10.3. The van der Waals surface area contributed by atoms with Crippen molar-refractivity contribution in [3.05, 3.63) is 0 Å².